The largest absolute Gasteiger partial charge is 0.490 e. The molecule has 4 heterocycles. The summed E-state index contributed by atoms with van der Waals surface area (Å²) in [5.74, 6) is 0.556. The number of hydrogen-bond donors (Lipinski definition) is 1. The smallest absolute Gasteiger partial charge is 0.272 e. The first-order valence-electron chi connectivity index (χ1n) is 14.3. The number of nitrogens with one attached hydrogen (secondary N) is 1. The van der Waals surface area contributed by atoms with Gasteiger partial charge in [0.25, 0.3) is 11.5 Å². The van der Waals surface area contributed by atoms with E-state index in [0.717, 1.165) is 44.5 Å². The van der Waals surface area contributed by atoms with E-state index >= 15 is 4.39 Å². The van der Waals surface area contributed by atoms with Crippen molar-refractivity contribution < 1.29 is 13.9 Å². The molecule has 212 valence electrons. The molecule has 3 aliphatic rings. The Balaban J connectivity index is 1.10. The molecule has 0 atom stereocenters. The van der Waals surface area contributed by atoms with Gasteiger partial charge in [0.15, 0.2) is 0 Å². The lowest BCUT2D eigenvalue weighted by atomic mass is 9.86. The van der Waals surface area contributed by atoms with E-state index in [-0.39, 0.29) is 28.7 Å². The second-order valence-electron chi connectivity index (χ2n) is 11.5. The van der Waals surface area contributed by atoms with Gasteiger partial charge in [-0.25, -0.2) is 14.5 Å². The third-order valence-electron chi connectivity index (χ3n) is 8.83. The molecule has 0 unspecified atom stereocenters. The average molecular weight is 565 g/mol. The Bertz CT molecular complexity index is 1790. The Morgan fingerprint density at radius 3 is 2.71 bits per heavy atom. The zero-order valence-corrected chi connectivity index (χ0v) is 23.0. The fourth-order valence-corrected chi connectivity index (χ4v) is 6.34. The summed E-state index contributed by atoms with van der Waals surface area (Å²) < 4.78 is 21.0. The maximum atomic E-state index is 15.0. The van der Waals surface area contributed by atoms with Crippen LogP contribution in [-0.2, 0) is 6.42 Å². The van der Waals surface area contributed by atoms with Gasteiger partial charge in [-0.3, -0.25) is 9.59 Å². The molecule has 9 nitrogen and oxygen atoms in total. The van der Waals surface area contributed by atoms with Crippen LogP contribution in [0.2, 0.25) is 0 Å². The molecule has 0 bridgehead atoms. The fraction of sp³-hybridized carbons (Fsp3) is 0.344. The van der Waals surface area contributed by atoms with Crippen LogP contribution in [-0.4, -0.2) is 57.3 Å². The number of amides is 1. The van der Waals surface area contributed by atoms with Crippen molar-refractivity contribution in [1.82, 2.24) is 20.1 Å². The van der Waals surface area contributed by atoms with Gasteiger partial charge in [0, 0.05) is 37.6 Å². The maximum Gasteiger partial charge on any atom is 0.272 e. The molecule has 2 aromatic carbocycles. The average Bonchev–Trinajstić information content (AvgIpc) is 3.42. The molecule has 1 N–H and O–H groups in total. The number of pyridine rings is 1. The van der Waals surface area contributed by atoms with E-state index < -0.39 is 5.82 Å². The number of benzene rings is 2. The normalized spacial score (nSPS) is 17.6. The summed E-state index contributed by atoms with van der Waals surface area (Å²) in [5, 5.41) is 17.1. The van der Waals surface area contributed by atoms with Crippen molar-refractivity contribution in [3.05, 3.63) is 93.3 Å². The number of carbonyl (C=O) groups is 1. The highest BCUT2D eigenvalue weighted by Gasteiger charge is 2.52. The molecule has 3 fully saturated rings. The molecule has 4 aromatic rings. The molecule has 2 aromatic heterocycles. The molecule has 42 heavy (non-hydrogen) atoms. The van der Waals surface area contributed by atoms with Gasteiger partial charge in [-0.05, 0) is 80.1 Å². The number of hydrogen-bond acceptors (Lipinski definition) is 7. The number of rotatable bonds is 6. The number of aromatic amines is 1. The van der Waals surface area contributed by atoms with Crippen LogP contribution < -0.4 is 15.2 Å². The minimum absolute atomic E-state index is 0.0196. The van der Waals surface area contributed by atoms with Crippen molar-refractivity contribution >= 4 is 22.5 Å². The first-order chi connectivity index (χ1) is 20.4. The lowest BCUT2D eigenvalue weighted by molar-refractivity contribution is 0.0415. The van der Waals surface area contributed by atoms with Gasteiger partial charge in [-0.1, -0.05) is 6.07 Å². The van der Waals surface area contributed by atoms with Crippen LogP contribution >= 0.6 is 0 Å². The second-order valence-corrected chi connectivity index (χ2v) is 11.5. The van der Waals surface area contributed by atoms with Crippen LogP contribution in [0.5, 0.6) is 5.75 Å². The molecule has 1 aliphatic carbocycles. The molecule has 10 heteroatoms. The van der Waals surface area contributed by atoms with E-state index in [0.29, 0.717) is 52.9 Å². The summed E-state index contributed by atoms with van der Waals surface area (Å²) in [7, 11) is 0. The van der Waals surface area contributed by atoms with E-state index in [2.05, 4.69) is 26.2 Å². The monoisotopic (exact) mass is 564 g/mol. The highest BCUT2D eigenvalue weighted by atomic mass is 19.1. The molecule has 1 saturated carbocycles. The summed E-state index contributed by atoms with van der Waals surface area (Å²) in [6.07, 6.45) is 7.15. The third kappa shape index (κ3) is 4.55. The number of fused-ring (bicyclic) bond motifs is 1. The minimum Gasteiger partial charge on any atom is -0.490 e. The SMILES string of the molecule is N#Cc1ccc(N2CCCC23CN(C(=O)c2cc(Cc4n[nH]c(=O)c5ccc(OC6CCC6)cc45)ccc2F)C3)nc1. The van der Waals surface area contributed by atoms with Crippen molar-refractivity contribution in [1.29, 1.82) is 5.26 Å². The maximum absolute atomic E-state index is 15.0. The number of anilines is 1. The molecular weight excluding hydrogens is 535 g/mol. The number of halogens is 1. The van der Waals surface area contributed by atoms with Crippen LogP contribution in [0.15, 0.2) is 59.5 Å². The molecule has 7 rings (SSSR count). The zero-order chi connectivity index (χ0) is 28.8. The van der Waals surface area contributed by atoms with E-state index in [1.165, 1.54) is 6.07 Å². The molecule has 1 spiro atoms. The Morgan fingerprint density at radius 2 is 1.98 bits per heavy atom. The molecular formula is C32H29FN6O3. The fourth-order valence-electron chi connectivity index (χ4n) is 6.34. The number of aromatic nitrogens is 3. The van der Waals surface area contributed by atoms with Gasteiger partial charge in [0.1, 0.15) is 23.5 Å². The van der Waals surface area contributed by atoms with E-state index in [1.54, 1.807) is 41.4 Å². The van der Waals surface area contributed by atoms with E-state index in [4.69, 9.17) is 10.00 Å². The van der Waals surface area contributed by atoms with Crippen molar-refractivity contribution in [3.63, 3.8) is 0 Å². The molecule has 2 aliphatic heterocycles. The van der Waals surface area contributed by atoms with Crippen molar-refractivity contribution in [2.45, 2.75) is 50.2 Å². The van der Waals surface area contributed by atoms with Crippen molar-refractivity contribution in [2.75, 3.05) is 24.5 Å². The second kappa shape index (κ2) is 10.2. The lowest BCUT2D eigenvalue weighted by Gasteiger charge is -2.53. The standard InChI is InChI=1S/C32H29FN6O3/c33-27-9-5-20(14-28-25-15-23(42-22-3-1-4-22)7-8-24(25)30(40)37-36-28)13-26(27)31(41)38-18-32(19-38)11-2-12-39(32)29-10-6-21(16-34)17-35-29/h5-10,13,15,17,22H,1-4,11-12,14,18-19H2,(H,37,40). The number of carbonyl (C=O) groups excluding carboxylic acids is 1. The predicted octanol–water partition coefficient (Wildman–Crippen LogP) is 4.35. The van der Waals surface area contributed by atoms with Gasteiger partial charge < -0.3 is 14.5 Å². The summed E-state index contributed by atoms with van der Waals surface area (Å²) >= 11 is 0. The van der Waals surface area contributed by atoms with Gasteiger partial charge in [0.05, 0.1) is 33.8 Å². The van der Waals surface area contributed by atoms with E-state index in [9.17, 15) is 9.59 Å². The number of nitrogens with zero attached hydrogens (tertiary/aromatic N) is 5. The van der Waals surface area contributed by atoms with Gasteiger partial charge >= 0.3 is 0 Å². The number of ether oxygens (including phenoxy) is 1. The van der Waals surface area contributed by atoms with E-state index in [1.807, 2.05) is 12.1 Å². The number of nitriles is 1. The van der Waals surface area contributed by atoms with Crippen LogP contribution in [0.1, 0.15) is 59.3 Å². The quantitative estimate of drug-likeness (QED) is 0.370. The zero-order valence-electron chi connectivity index (χ0n) is 23.0. The topological polar surface area (TPSA) is 115 Å². The minimum atomic E-state index is -0.572. The highest BCUT2D eigenvalue weighted by Crippen LogP contribution is 2.41. The Kier molecular flexibility index (Phi) is 6.38. The van der Waals surface area contributed by atoms with Crippen molar-refractivity contribution in [3.8, 4) is 11.8 Å². The van der Waals surface area contributed by atoms with Crippen LogP contribution in [0.25, 0.3) is 10.8 Å². The predicted molar refractivity (Wildman–Crippen MR) is 154 cm³/mol. The Labute approximate surface area is 241 Å². The van der Waals surface area contributed by atoms with Gasteiger partial charge in [0.2, 0.25) is 0 Å². The van der Waals surface area contributed by atoms with Gasteiger partial charge in [-0.15, -0.1) is 0 Å². The highest BCUT2D eigenvalue weighted by molar-refractivity contribution is 5.95. The first kappa shape index (κ1) is 26.1. The Morgan fingerprint density at radius 1 is 1.12 bits per heavy atom. The summed E-state index contributed by atoms with van der Waals surface area (Å²) in [4.78, 5) is 34.3. The summed E-state index contributed by atoms with van der Waals surface area (Å²) in [6.45, 7) is 1.78. The van der Waals surface area contributed by atoms with Crippen LogP contribution in [0.3, 0.4) is 0 Å². The summed E-state index contributed by atoms with van der Waals surface area (Å²) in [5.41, 5.74) is 1.33. The van der Waals surface area contributed by atoms with Gasteiger partial charge in [-0.2, -0.15) is 10.4 Å². The lowest BCUT2D eigenvalue weighted by Crippen LogP contribution is -2.69. The van der Waals surface area contributed by atoms with Crippen LogP contribution in [0, 0.1) is 17.1 Å². The first-order valence-corrected chi connectivity index (χ1v) is 14.3. The third-order valence-corrected chi connectivity index (χ3v) is 8.83. The van der Waals surface area contributed by atoms with Crippen LogP contribution in [0.4, 0.5) is 10.2 Å². The number of likely N-dealkylation sites (tertiary alicyclic amines) is 1. The summed E-state index contributed by atoms with van der Waals surface area (Å²) in [6, 6.07) is 15.6. The molecule has 0 radical (unpaired) electrons. The number of H-pyrrole nitrogens is 1. The molecule has 1 amide bonds. The Hall–Kier alpha value is -4.78. The molecule has 2 saturated heterocycles. The van der Waals surface area contributed by atoms with Crippen molar-refractivity contribution in [2.24, 2.45) is 0 Å².